The van der Waals surface area contributed by atoms with Crippen LogP contribution in [-0.2, 0) is 19.6 Å². The number of carbonyl (C=O) groups is 2. The van der Waals surface area contributed by atoms with E-state index >= 15 is 0 Å². The summed E-state index contributed by atoms with van der Waals surface area (Å²) in [6.45, 7) is 4.86. The lowest BCUT2D eigenvalue weighted by molar-refractivity contribution is -0.115. The Kier molecular flexibility index (Phi) is 8.29. The fourth-order valence-electron chi connectivity index (χ4n) is 3.92. The summed E-state index contributed by atoms with van der Waals surface area (Å²) in [7, 11) is 0.340. The first-order chi connectivity index (χ1) is 16.5. The van der Waals surface area contributed by atoms with Crippen LogP contribution >= 0.6 is 0 Å². The van der Waals surface area contributed by atoms with Gasteiger partial charge in [-0.2, -0.15) is 0 Å². The molecule has 2 aromatic carbocycles. The number of carbonyl (C=O) groups excluding carboxylic acids is 2. The van der Waals surface area contributed by atoms with Crippen LogP contribution in [0.4, 0.5) is 17.1 Å². The molecule has 9 nitrogen and oxygen atoms in total. The number of hydrogen-bond donors (Lipinski definition) is 1. The molecule has 0 saturated heterocycles. The third kappa shape index (κ3) is 6.26. The van der Waals surface area contributed by atoms with Crippen LogP contribution < -0.4 is 9.62 Å². The second kappa shape index (κ2) is 11.0. The Morgan fingerprint density at radius 2 is 1.77 bits per heavy atom. The average molecular weight is 501 g/mol. The zero-order chi connectivity index (χ0) is 25.8. The fourth-order valence-corrected chi connectivity index (χ4v) is 4.84. The third-order valence-electron chi connectivity index (χ3n) is 5.65. The van der Waals surface area contributed by atoms with Crippen molar-refractivity contribution in [3.8, 4) is 0 Å². The second-order valence-corrected chi connectivity index (χ2v) is 10.5. The predicted molar refractivity (Wildman–Crippen MR) is 138 cm³/mol. The number of aliphatic imine (C=N–C) groups is 1. The van der Waals surface area contributed by atoms with E-state index in [1.54, 1.807) is 49.4 Å². The average Bonchev–Trinajstić information content (AvgIpc) is 3.12. The number of likely N-dealkylation sites (N-methyl/N-ethyl adjacent to an activating group) is 1. The second-order valence-electron chi connectivity index (χ2n) is 8.56. The third-order valence-corrected chi connectivity index (χ3v) is 6.85. The Morgan fingerprint density at radius 3 is 2.34 bits per heavy atom. The molecule has 10 heteroatoms. The summed E-state index contributed by atoms with van der Waals surface area (Å²) in [5.41, 5.74) is 3.56. The number of sulfonamides is 1. The number of esters is 1. The number of amides is 1. The topological polar surface area (TPSA) is 108 Å². The van der Waals surface area contributed by atoms with Gasteiger partial charge in [0.15, 0.2) is 0 Å². The minimum atomic E-state index is -3.44. The van der Waals surface area contributed by atoms with E-state index in [2.05, 4.69) is 5.32 Å². The maximum absolute atomic E-state index is 12.8. The van der Waals surface area contributed by atoms with E-state index in [1.807, 2.05) is 25.9 Å². The molecule has 1 aliphatic rings. The zero-order valence-corrected chi connectivity index (χ0v) is 21.6. The van der Waals surface area contributed by atoms with Gasteiger partial charge in [-0.3, -0.25) is 14.1 Å². The molecule has 0 radical (unpaired) electrons. The van der Waals surface area contributed by atoms with Crippen LogP contribution in [0.2, 0.25) is 0 Å². The van der Waals surface area contributed by atoms with Crippen molar-refractivity contribution in [3.05, 3.63) is 53.6 Å². The number of nitrogens with one attached hydrogen (secondary N) is 1. The van der Waals surface area contributed by atoms with Crippen molar-refractivity contribution in [1.82, 2.24) is 4.90 Å². The Hall–Kier alpha value is -3.24. The lowest BCUT2D eigenvalue weighted by Crippen LogP contribution is -2.35. The van der Waals surface area contributed by atoms with Gasteiger partial charge in [0.05, 0.1) is 29.8 Å². The summed E-state index contributed by atoms with van der Waals surface area (Å²) < 4.78 is 31.0. The molecular weight excluding hydrogens is 468 g/mol. The first-order valence-corrected chi connectivity index (χ1v) is 13.3. The number of rotatable bonds is 10. The van der Waals surface area contributed by atoms with Crippen molar-refractivity contribution in [2.75, 3.05) is 49.7 Å². The maximum Gasteiger partial charge on any atom is 0.338 e. The number of nitrogens with zero attached hydrogens (tertiary/aromatic N) is 3. The highest BCUT2D eigenvalue weighted by molar-refractivity contribution is 7.92. The van der Waals surface area contributed by atoms with Crippen molar-refractivity contribution in [1.29, 1.82) is 0 Å². The quantitative estimate of drug-likeness (QED) is 0.396. The predicted octanol–water partition coefficient (Wildman–Crippen LogP) is 3.41. The maximum atomic E-state index is 12.8. The molecule has 0 saturated carbocycles. The Morgan fingerprint density at radius 1 is 1.09 bits per heavy atom. The molecule has 0 fully saturated rings. The minimum absolute atomic E-state index is 0.204. The van der Waals surface area contributed by atoms with Gasteiger partial charge in [-0.15, -0.1) is 0 Å². The van der Waals surface area contributed by atoms with Crippen molar-refractivity contribution < 1.29 is 22.7 Å². The van der Waals surface area contributed by atoms with Crippen molar-refractivity contribution in [2.24, 2.45) is 4.99 Å². The fraction of sp³-hybridized carbons (Fsp3) is 0.400. The van der Waals surface area contributed by atoms with Gasteiger partial charge in [-0.1, -0.05) is 13.0 Å². The molecule has 2 aromatic rings. The van der Waals surface area contributed by atoms with Gasteiger partial charge >= 0.3 is 5.97 Å². The highest BCUT2D eigenvalue weighted by atomic mass is 32.2. The molecule has 1 atom stereocenters. The van der Waals surface area contributed by atoms with Crippen molar-refractivity contribution in [2.45, 2.75) is 26.2 Å². The van der Waals surface area contributed by atoms with Crippen LogP contribution in [0.5, 0.6) is 0 Å². The van der Waals surface area contributed by atoms with E-state index < -0.39 is 21.9 Å². The number of anilines is 2. The van der Waals surface area contributed by atoms with Gasteiger partial charge in [0, 0.05) is 24.5 Å². The van der Waals surface area contributed by atoms with E-state index in [1.165, 1.54) is 10.6 Å². The molecule has 0 bridgehead atoms. The van der Waals surface area contributed by atoms with Crippen LogP contribution in [0.25, 0.3) is 0 Å². The van der Waals surface area contributed by atoms with Gasteiger partial charge in [-0.25, -0.2) is 13.2 Å². The Bertz CT molecular complexity index is 1220. The summed E-state index contributed by atoms with van der Waals surface area (Å²) in [6.07, 6.45) is 1.73. The van der Waals surface area contributed by atoms with Crippen LogP contribution in [0, 0.1) is 0 Å². The first kappa shape index (κ1) is 26.4. The molecule has 0 spiro atoms. The van der Waals surface area contributed by atoms with Crippen molar-refractivity contribution in [3.63, 3.8) is 0 Å². The zero-order valence-electron chi connectivity index (χ0n) is 20.7. The van der Waals surface area contributed by atoms with E-state index in [9.17, 15) is 18.0 Å². The lowest BCUT2D eigenvalue weighted by Gasteiger charge is -2.24. The van der Waals surface area contributed by atoms with E-state index in [0.717, 1.165) is 5.56 Å². The van der Waals surface area contributed by atoms with Gasteiger partial charge in [0.2, 0.25) is 15.9 Å². The normalized spacial score (nSPS) is 15.7. The summed E-state index contributed by atoms with van der Waals surface area (Å²) in [4.78, 5) is 31.5. The molecule has 1 amide bonds. The molecule has 0 aromatic heterocycles. The van der Waals surface area contributed by atoms with Crippen LogP contribution in [0.15, 0.2) is 47.5 Å². The first-order valence-electron chi connectivity index (χ1n) is 11.5. The number of fused-ring (bicyclic) bond motifs is 1. The van der Waals surface area contributed by atoms with E-state index in [4.69, 9.17) is 9.73 Å². The van der Waals surface area contributed by atoms with Crippen LogP contribution in [0.3, 0.4) is 0 Å². The van der Waals surface area contributed by atoms with Crippen LogP contribution in [-0.4, -0.2) is 71.0 Å². The molecular formula is C25H32N4O5S. The summed E-state index contributed by atoms with van der Waals surface area (Å²) in [6, 6.07) is 12.0. The molecule has 3 rings (SSSR count). The standard InChI is InChI=1S/C25H32N4O5S/c1-6-21(23-20-13-8-17(25(31)34-7-2)16-22(20)27-24(23)30)26-18-9-11-19(12-10-18)29(35(5,32)33)15-14-28(3)4/h8-13,16,23H,6-7,14-15H2,1-5H3,(H,27,30). The Labute approximate surface area is 206 Å². The molecule has 0 aliphatic carbocycles. The van der Waals surface area contributed by atoms with Gasteiger partial charge in [0.1, 0.15) is 5.92 Å². The molecule has 1 N–H and O–H groups in total. The van der Waals surface area contributed by atoms with Gasteiger partial charge in [0.25, 0.3) is 0 Å². The van der Waals surface area contributed by atoms with Crippen LogP contribution in [0.1, 0.15) is 42.1 Å². The smallest absolute Gasteiger partial charge is 0.338 e. The SMILES string of the molecule is CCOC(=O)c1ccc2c(c1)NC(=O)C2C(CC)=Nc1ccc(N(CCN(C)C)S(C)(=O)=O)cc1. The number of benzene rings is 2. The monoisotopic (exact) mass is 500 g/mol. The van der Waals surface area contributed by atoms with E-state index in [0.29, 0.717) is 47.8 Å². The molecule has 1 heterocycles. The molecule has 188 valence electrons. The Balaban J connectivity index is 1.88. The molecule has 35 heavy (non-hydrogen) atoms. The van der Waals surface area contributed by atoms with Gasteiger partial charge in [-0.05, 0) is 69.4 Å². The lowest BCUT2D eigenvalue weighted by atomic mass is 9.93. The summed E-state index contributed by atoms with van der Waals surface area (Å²) >= 11 is 0. The minimum Gasteiger partial charge on any atom is -0.462 e. The largest absolute Gasteiger partial charge is 0.462 e. The number of hydrogen-bond acceptors (Lipinski definition) is 7. The van der Waals surface area contributed by atoms with Crippen molar-refractivity contribution >= 4 is 44.7 Å². The van der Waals surface area contributed by atoms with E-state index in [-0.39, 0.29) is 12.5 Å². The molecule has 1 aliphatic heterocycles. The highest BCUT2D eigenvalue weighted by Gasteiger charge is 2.34. The molecule has 1 unspecified atom stereocenters. The summed E-state index contributed by atoms with van der Waals surface area (Å²) in [5.74, 6) is -1.21. The summed E-state index contributed by atoms with van der Waals surface area (Å²) in [5, 5.41) is 2.84. The number of ether oxygens (including phenoxy) is 1. The highest BCUT2D eigenvalue weighted by Crippen LogP contribution is 2.36. The van der Waals surface area contributed by atoms with Gasteiger partial charge < -0.3 is 15.0 Å².